The zero-order valence-corrected chi connectivity index (χ0v) is 12.6. The van der Waals surface area contributed by atoms with Crippen LogP contribution in [0.15, 0.2) is 24.3 Å². The average molecular weight is 302 g/mol. The number of carbonyl (C=O) groups excluding carboxylic acids is 1. The molecule has 0 atom stereocenters. The summed E-state index contributed by atoms with van der Waals surface area (Å²) in [6.07, 6.45) is -3.32. The molecule has 0 N–H and O–H groups in total. The molecule has 0 heterocycles. The number of rotatable bonds is 7. The molecule has 0 spiro atoms. The number of hydrogen-bond acceptors (Lipinski definition) is 2. The van der Waals surface area contributed by atoms with Crippen LogP contribution in [0, 0.1) is 5.41 Å². The summed E-state index contributed by atoms with van der Waals surface area (Å²) < 4.78 is 42.6. The summed E-state index contributed by atoms with van der Waals surface area (Å²) in [5.41, 5.74) is -0.125. The van der Waals surface area contributed by atoms with E-state index in [1.165, 1.54) is 12.1 Å². The maximum absolute atomic E-state index is 12.4. The predicted octanol–water partition coefficient (Wildman–Crippen LogP) is 4.27. The van der Waals surface area contributed by atoms with Crippen molar-refractivity contribution in [3.8, 4) is 0 Å². The van der Waals surface area contributed by atoms with Gasteiger partial charge in [-0.2, -0.15) is 13.2 Å². The van der Waals surface area contributed by atoms with Crippen LogP contribution in [0.25, 0.3) is 0 Å². The first kappa shape index (κ1) is 17.7. The van der Waals surface area contributed by atoms with Crippen LogP contribution >= 0.6 is 0 Å². The minimum absolute atomic E-state index is 0.00947. The molecule has 1 aromatic rings. The zero-order chi connectivity index (χ0) is 16.1. The molecular formula is C16H21F3O2. The molecule has 0 fully saturated rings. The number of carbonyl (C=O) groups is 1. The van der Waals surface area contributed by atoms with Gasteiger partial charge in [-0.15, -0.1) is 0 Å². The molecule has 0 bridgehead atoms. The van der Waals surface area contributed by atoms with Gasteiger partial charge < -0.3 is 4.74 Å². The summed E-state index contributed by atoms with van der Waals surface area (Å²) in [6, 6.07) is 4.64. The van der Waals surface area contributed by atoms with E-state index < -0.39 is 11.7 Å². The highest BCUT2D eigenvalue weighted by atomic mass is 19.4. The van der Waals surface area contributed by atoms with Gasteiger partial charge in [0.25, 0.3) is 0 Å². The zero-order valence-electron chi connectivity index (χ0n) is 12.6. The first-order chi connectivity index (χ1) is 9.64. The van der Waals surface area contributed by atoms with Gasteiger partial charge in [0, 0.05) is 6.42 Å². The van der Waals surface area contributed by atoms with Crippen LogP contribution in [-0.4, -0.2) is 19.0 Å². The molecule has 0 saturated heterocycles. The van der Waals surface area contributed by atoms with E-state index >= 15 is 0 Å². The Morgan fingerprint density at radius 3 is 2.19 bits per heavy atom. The maximum Gasteiger partial charge on any atom is 0.416 e. The summed E-state index contributed by atoms with van der Waals surface area (Å²) in [4.78, 5) is 11.7. The van der Waals surface area contributed by atoms with Crippen molar-refractivity contribution >= 4 is 5.78 Å². The van der Waals surface area contributed by atoms with Gasteiger partial charge in [0.15, 0.2) is 5.78 Å². The number of Topliss-reactive ketones (excluding diaryl/α,β-unsaturated/α-hetero) is 1. The summed E-state index contributed by atoms with van der Waals surface area (Å²) in [7, 11) is 0. The quantitative estimate of drug-likeness (QED) is 0.752. The third-order valence-electron chi connectivity index (χ3n) is 3.40. The molecule has 0 unspecified atom stereocenters. The maximum atomic E-state index is 12.4. The molecule has 0 aliphatic rings. The van der Waals surface area contributed by atoms with E-state index in [1.807, 2.05) is 20.8 Å². The van der Waals surface area contributed by atoms with Crippen molar-refractivity contribution in [3.63, 3.8) is 0 Å². The van der Waals surface area contributed by atoms with E-state index in [0.717, 1.165) is 18.6 Å². The molecule has 0 aliphatic carbocycles. The van der Waals surface area contributed by atoms with Gasteiger partial charge in [-0.05, 0) is 29.5 Å². The van der Waals surface area contributed by atoms with Crippen molar-refractivity contribution in [2.24, 2.45) is 5.41 Å². The fourth-order valence-corrected chi connectivity index (χ4v) is 1.63. The van der Waals surface area contributed by atoms with E-state index in [9.17, 15) is 18.0 Å². The molecule has 0 aromatic heterocycles. The minimum Gasteiger partial charge on any atom is -0.373 e. The molecule has 21 heavy (non-hydrogen) atoms. The Hall–Kier alpha value is -1.36. The SMILES string of the molecule is CCC(C)(C)COCC(=O)Cc1ccc(C(F)(F)F)cc1. The van der Waals surface area contributed by atoms with E-state index in [1.54, 1.807) is 0 Å². The second kappa shape index (κ2) is 7.07. The lowest BCUT2D eigenvalue weighted by atomic mass is 9.92. The second-order valence-electron chi connectivity index (χ2n) is 5.92. The number of alkyl halides is 3. The number of ketones is 1. The second-order valence-corrected chi connectivity index (χ2v) is 5.92. The van der Waals surface area contributed by atoms with Crippen molar-refractivity contribution in [1.29, 1.82) is 0 Å². The lowest BCUT2D eigenvalue weighted by Gasteiger charge is -2.21. The van der Waals surface area contributed by atoms with Crippen LogP contribution in [0.2, 0.25) is 0 Å². The number of halogens is 3. The highest BCUT2D eigenvalue weighted by Gasteiger charge is 2.29. The Morgan fingerprint density at radius 1 is 1.14 bits per heavy atom. The first-order valence-electron chi connectivity index (χ1n) is 6.89. The fraction of sp³-hybridized carbons (Fsp3) is 0.562. The summed E-state index contributed by atoms with van der Waals surface area (Å²) >= 11 is 0. The number of benzene rings is 1. The van der Waals surface area contributed by atoms with Crippen LogP contribution in [0.1, 0.15) is 38.3 Å². The molecule has 118 valence electrons. The lowest BCUT2D eigenvalue weighted by Crippen LogP contribution is -2.21. The van der Waals surface area contributed by atoms with Crippen molar-refractivity contribution in [3.05, 3.63) is 35.4 Å². The average Bonchev–Trinajstić information content (AvgIpc) is 2.38. The van der Waals surface area contributed by atoms with Crippen molar-refractivity contribution in [2.75, 3.05) is 13.2 Å². The summed E-state index contributed by atoms with van der Waals surface area (Å²) in [5.74, 6) is -0.137. The summed E-state index contributed by atoms with van der Waals surface area (Å²) in [6.45, 7) is 6.63. The Labute approximate surface area is 123 Å². The van der Waals surface area contributed by atoms with Crippen molar-refractivity contribution in [1.82, 2.24) is 0 Å². The monoisotopic (exact) mass is 302 g/mol. The number of ether oxygens (including phenoxy) is 1. The van der Waals surface area contributed by atoms with Crippen molar-refractivity contribution in [2.45, 2.75) is 39.8 Å². The molecule has 1 aromatic carbocycles. The normalized spacial score (nSPS) is 12.5. The Morgan fingerprint density at radius 2 is 1.71 bits per heavy atom. The molecular weight excluding hydrogens is 281 g/mol. The van der Waals surface area contributed by atoms with Crippen LogP contribution in [-0.2, 0) is 22.1 Å². The van der Waals surface area contributed by atoms with Gasteiger partial charge in [0.1, 0.15) is 6.61 Å². The van der Waals surface area contributed by atoms with Crippen LogP contribution in [0.5, 0.6) is 0 Å². The Kier molecular flexibility index (Phi) is 5.96. The molecule has 1 rings (SSSR count). The van der Waals surface area contributed by atoms with Gasteiger partial charge in [0.2, 0.25) is 0 Å². The molecule has 0 saturated carbocycles. The largest absolute Gasteiger partial charge is 0.416 e. The van der Waals surface area contributed by atoms with Gasteiger partial charge in [0.05, 0.1) is 12.2 Å². The van der Waals surface area contributed by atoms with Crippen LogP contribution in [0.4, 0.5) is 13.2 Å². The first-order valence-corrected chi connectivity index (χ1v) is 6.89. The fourth-order valence-electron chi connectivity index (χ4n) is 1.63. The van der Waals surface area contributed by atoms with Crippen molar-refractivity contribution < 1.29 is 22.7 Å². The van der Waals surface area contributed by atoms with E-state index in [0.29, 0.717) is 12.2 Å². The van der Waals surface area contributed by atoms with Crippen LogP contribution in [0.3, 0.4) is 0 Å². The highest BCUT2D eigenvalue weighted by molar-refractivity contribution is 5.82. The molecule has 2 nitrogen and oxygen atoms in total. The molecule has 0 aliphatic heterocycles. The third-order valence-corrected chi connectivity index (χ3v) is 3.40. The highest BCUT2D eigenvalue weighted by Crippen LogP contribution is 2.29. The lowest BCUT2D eigenvalue weighted by molar-refractivity contribution is -0.137. The predicted molar refractivity (Wildman–Crippen MR) is 75.0 cm³/mol. The van der Waals surface area contributed by atoms with E-state index in [4.69, 9.17) is 4.74 Å². The Bertz CT molecular complexity index is 461. The molecule has 0 radical (unpaired) electrons. The van der Waals surface area contributed by atoms with E-state index in [-0.39, 0.29) is 24.2 Å². The van der Waals surface area contributed by atoms with Crippen LogP contribution < -0.4 is 0 Å². The Balaban J connectivity index is 2.45. The van der Waals surface area contributed by atoms with Gasteiger partial charge in [-0.25, -0.2) is 0 Å². The standard InChI is InChI=1S/C16H21F3O2/c1-4-15(2,3)11-21-10-14(20)9-12-5-7-13(8-6-12)16(17,18)19/h5-8H,4,9-11H2,1-3H3. The van der Waals surface area contributed by atoms with Gasteiger partial charge in [-0.1, -0.05) is 32.9 Å². The topological polar surface area (TPSA) is 26.3 Å². The third kappa shape index (κ3) is 6.29. The number of hydrogen-bond donors (Lipinski definition) is 0. The minimum atomic E-state index is -4.35. The van der Waals surface area contributed by atoms with E-state index in [2.05, 4.69) is 0 Å². The van der Waals surface area contributed by atoms with Gasteiger partial charge >= 0.3 is 6.18 Å². The molecule has 0 amide bonds. The van der Waals surface area contributed by atoms with Gasteiger partial charge in [-0.3, -0.25) is 4.79 Å². The smallest absolute Gasteiger partial charge is 0.373 e. The molecule has 5 heteroatoms. The summed E-state index contributed by atoms with van der Waals surface area (Å²) in [5, 5.41) is 0.